The van der Waals surface area contributed by atoms with Gasteiger partial charge in [-0.1, -0.05) is 23.7 Å². The number of H-pyrrole nitrogens is 1. The number of carbonyl (C=O) groups is 2. The summed E-state index contributed by atoms with van der Waals surface area (Å²) in [6.07, 6.45) is -2.83. The minimum atomic E-state index is -4.55. The molecule has 156 valence electrons. The highest BCUT2D eigenvalue weighted by Crippen LogP contribution is 2.34. The molecule has 0 aliphatic rings. The van der Waals surface area contributed by atoms with Crippen molar-refractivity contribution in [3.63, 3.8) is 0 Å². The van der Waals surface area contributed by atoms with Crippen molar-refractivity contribution in [1.82, 2.24) is 4.98 Å². The Morgan fingerprint density at radius 1 is 0.933 bits per heavy atom. The van der Waals surface area contributed by atoms with Gasteiger partial charge < -0.3 is 20.9 Å². The van der Waals surface area contributed by atoms with Crippen LogP contribution in [0.25, 0.3) is 11.1 Å². The monoisotopic (exact) mass is 436 g/mol. The molecule has 0 atom stereocenters. The van der Waals surface area contributed by atoms with Crippen LogP contribution in [0.1, 0.15) is 12.5 Å². The van der Waals surface area contributed by atoms with Crippen LogP contribution in [-0.4, -0.2) is 16.9 Å². The Morgan fingerprint density at radius 2 is 1.63 bits per heavy atom. The van der Waals surface area contributed by atoms with Crippen LogP contribution >= 0.6 is 11.6 Å². The van der Waals surface area contributed by atoms with Crippen molar-refractivity contribution in [2.45, 2.75) is 13.1 Å². The van der Waals surface area contributed by atoms with Crippen LogP contribution in [0.3, 0.4) is 0 Å². The van der Waals surface area contributed by atoms with Crippen LogP contribution in [0.15, 0.2) is 54.7 Å². The van der Waals surface area contributed by atoms with E-state index in [0.29, 0.717) is 11.5 Å². The molecule has 6 nitrogen and oxygen atoms in total. The predicted octanol–water partition coefficient (Wildman–Crippen LogP) is 5.96. The number of hydrogen-bond donors (Lipinski definition) is 4. The molecule has 3 rings (SSSR count). The molecular formula is C20H16ClF3N4O2. The molecule has 0 bridgehead atoms. The average Bonchev–Trinajstić information content (AvgIpc) is 3.11. The summed E-state index contributed by atoms with van der Waals surface area (Å²) >= 11 is 5.88. The molecule has 1 aromatic heterocycles. The zero-order chi connectivity index (χ0) is 21.9. The topological polar surface area (TPSA) is 86.0 Å². The van der Waals surface area contributed by atoms with Crippen LogP contribution in [0.2, 0.25) is 5.02 Å². The lowest BCUT2D eigenvalue weighted by molar-refractivity contribution is -0.137. The van der Waals surface area contributed by atoms with Gasteiger partial charge in [-0.2, -0.15) is 13.2 Å². The Balaban J connectivity index is 1.66. The zero-order valence-corrected chi connectivity index (χ0v) is 16.3. The number of aromatic amines is 1. The molecule has 0 saturated carbocycles. The number of urea groups is 1. The lowest BCUT2D eigenvalue weighted by atomic mass is 10.1. The maximum absolute atomic E-state index is 12.8. The number of amides is 3. The molecule has 0 fully saturated rings. The molecule has 10 heteroatoms. The second-order valence-corrected chi connectivity index (χ2v) is 6.74. The second-order valence-electron chi connectivity index (χ2n) is 6.33. The highest BCUT2D eigenvalue weighted by molar-refractivity contribution is 6.33. The smallest absolute Gasteiger partial charge is 0.348 e. The highest BCUT2D eigenvalue weighted by Gasteiger charge is 2.31. The van der Waals surface area contributed by atoms with Gasteiger partial charge in [0.15, 0.2) is 0 Å². The van der Waals surface area contributed by atoms with E-state index in [2.05, 4.69) is 20.9 Å². The fraction of sp³-hybridized carbons (Fsp3) is 0.100. The second kappa shape index (κ2) is 8.50. The molecule has 1 heterocycles. The van der Waals surface area contributed by atoms with Crippen molar-refractivity contribution in [1.29, 1.82) is 0 Å². The molecule has 4 N–H and O–H groups in total. The van der Waals surface area contributed by atoms with Gasteiger partial charge >= 0.3 is 12.2 Å². The fourth-order valence-corrected chi connectivity index (χ4v) is 2.82. The average molecular weight is 437 g/mol. The first-order valence-corrected chi connectivity index (χ1v) is 9.01. The number of benzene rings is 2. The summed E-state index contributed by atoms with van der Waals surface area (Å²) in [6, 6.07) is 10.4. The van der Waals surface area contributed by atoms with Crippen molar-refractivity contribution in [3.05, 3.63) is 65.3 Å². The third kappa shape index (κ3) is 5.32. The maximum atomic E-state index is 12.8. The molecule has 2 aromatic carbocycles. The molecule has 0 radical (unpaired) electrons. The molecule has 0 unspecified atom stereocenters. The summed E-state index contributed by atoms with van der Waals surface area (Å²) in [6.45, 7) is 1.40. The minimum Gasteiger partial charge on any atom is -0.348 e. The van der Waals surface area contributed by atoms with Crippen molar-refractivity contribution in [2.24, 2.45) is 0 Å². The van der Waals surface area contributed by atoms with Gasteiger partial charge in [0.25, 0.3) is 0 Å². The summed E-state index contributed by atoms with van der Waals surface area (Å²) in [5.41, 5.74) is 1.01. The maximum Gasteiger partial charge on any atom is 0.416 e. The molecular weight excluding hydrogens is 421 g/mol. The van der Waals surface area contributed by atoms with Crippen molar-refractivity contribution >= 4 is 40.7 Å². The van der Waals surface area contributed by atoms with Gasteiger partial charge in [0.2, 0.25) is 5.91 Å². The Kier molecular flexibility index (Phi) is 6.02. The Bertz CT molecular complexity index is 1080. The Labute approximate surface area is 174 Å². The minimum absolute atomic E-state index is 0.0177. The number of rotatable bonds is 4. The van der Waals surface area contributed by atoms with Gasteiger partial charge in [-0.15, -0.1) is 0 Å². The largest absolute Gasteiger partial charge is 0.416 e. The van der Waals surface area contributed by atoms with Gasteiger partial charge in [0, 0.05) is 24.4 Å². The van der Waals surface area contributed by atoms with E-state index in [9.17, 15) is 22.8 Å². The van der Waals surface area contributed by atoms with E-state index < -0.39 is 17.8 Å². The Morgan fingerprint density at radius 3 is 2.27 bits per heavy atom. The number of alkyl halides is 3. The van der Waals surface area contributed by atoms with Gasteiger partial charge in [-0.3, -0.25) is 4.79 Å². The van der Waals surface area contributed by atoms with Crippen LogP contribution in [0.5, 0.6) is 0 Å². The summed E-state index contributed by atoms with van der Waals surface area (Å²) in [5.74, 6) is 0.354. The summed E-state index contributed by atoms with van der Waals surface area (Å²) in [7, 11) is 0. The molecule has 0 aliphatic carbocycles. The van der Waals surface area contributed by atoms with Gasteiger partial charge in [-0.05, 0) is 42.0 Å². The fourth-order valence-electron chi connectivity index (χ4n) is 2.65. The van der Waals surface area contributed by atoms with E-state index in [1.807, 2.05) is 0 Å². The third-order valence-electron chi connectivity index (χ3n) is 4.01. The van der Waals surface area contributed by atoms with E-state index in [0.717, 1.165) is 29.3 Å². The number of nitrogens with one attached hydrogen (secondary N) is 4. The summed E-state index contributed by atoms with van der Waals surface area (Å²) < 4.78 is 38.5. The summed E-state index contributed by atoms with van der Waals surface area (Å²) in [4.78, 5) is 26.2. The number of carbonyl (C=O) groups excluding carboxylic acids is 2. The van der Waals surface area contributed by atoms with E-state index in [4.69, 9.17) is 11.6 Å². The van der Waals surface area contributed by atoms with E-state index in [-0.39, 0.29) is 16.6 Å². The van der Waals surface area contributed by atoms with Gasteiger partial charge in [-0.25, -0.2) is 4.79 Å². The number of aromatic nitrogens is 1. The molecule has 3 aromatic rings. The number of hydrogen-bond acceptors (Lipinski definition) is 2. The van der Waals surface area contributed by atoms with Gasteiger partial charge in [0.1, 0.15) is 5.82 Å². The highest BCUT2D eigenvalue weighted by atomic mass is 35.5. The molecule has 30 heavy (non-hydrogen) atoms. The summed E-state index contributed by atoms with van der Waals surface area (Å²) in [5, 5.41) is 7.46. The van der Waals surface area contributed by atoms with Crippen LogP contribution in [-0.2, 0) is 11.0 Å². The molecule has 0 spiro atoms. The standard InChI is InChI=1S/C20H16ClF3N4O2/c1-11(29)26-18-8-13(10-25-18)12-2-5-15(6-3-12)27-19(30)28-17-9-14(20(22,23)24)4-7-16(17)21/h2-10,25H,1H3,(H,26,29)(H2,27,28,30). The van der Waals surface area contributed by atoms with E-state index in [1.165, 1.54) is 6.92 Å². The van der Waals surface area contributed by atoms with Crippen molar-refractivity contribution < 1.29 is 22.8 Å². The zero-order valence-electron chi connectivity index (χ0n) is 15.5. The van der Waals surface area contributed by atoms with Crippen molar-refractivity contribution in [3.8, 4) is 11.1 Å². The molecule has 0 aliphatic heterocycles. The molecule has 3 amide bonds. The SMILES string of the molecule is CC(=O)Nc1cc(-c2ccc(NC(=O)Nc3cc(C(F)(F)F)ccc3Cl)cc2)c[nH]1. The third-order valence-corrected chi connectivity index (χ3v) is 4.34. The van der Waals surface area contributed by atoms with Crippen molar-refractivity contribution in [2.75, 3.05) is 16.0 Å². The lowest BCUT2D eigenvalue weighted by Crippen LogP contribution is -2.20. The quantitative estimate of drug-likeness (QED) is 0.407. The first-order valence-electron chi connectivity index (χ1n) is 8.63. The first kappa shape index (κ1) is 21.3. The Hall–Kier alpha value is -3.46. The normalized spacial score (nSPS) is 11.1. The van der Waals surface area contributed by atoms with Crippen LogP contribution in [0.4, 0.5) is 35.2 Å². The molecule has 0 saturated heterocycles. The number of halogens is 4. The predicted molar refractivity (Wildman–Crippen MR) is 110 cm³/mol. The van der Waals surface area contributed by atoms with Gasteiger partial charge in [0.05, 0.1) is 16.3 Å². The van der Waals surface area contributed by atoms with E-state index >= 15 is 0 Å². The first-order chi connectivity index (χ1) is 14.1. The van der Waals surface area contributed by atoms with Crippen LogP contribution < -0.4 is 16.0 Å². The van der Waals surface area contributed by atoms with Crippen LogP contribution in [0, 0.1) is 0 Å². The number of anilines is 3. The lowest BCUT2D eigenvalue weighted by Gasteiger charge is -2.12. The van der Waals surface area contributed by atoms with E-state index in [1.54, 1.807) is 36.5 Å².